The van der Waals surface area contributed by atoms with Crippen molar-refractivity contribution in [3.63, 3.8) is 0 Å². The van der Waals surface area contributed by atoms with E-state index in [9.17, 15) is 5.11 Å². The number of aliphatic hydroxyl groups is 1. The van der Waals surface area contributed by atoms with Crippen LogP contribution in [0.2, 0.25) is 5.02 Å². The Morgan fingerprint density at radius 2 is 2.00 bits per heavy atom. The lowest BCUT2D eigenvalue weighted by molar-refractivity contribution is 0.0135. The second kappa shape index (κ2) is 4.97. The van der Waals surface area contributed by atoms with Gasteiger partial charge in [0.2, 0.25) is 0 Å². The number of rotatable bonds is 1. The Balaban J connectivity index is 1.98. The molecular formula is C15H20ClNO2. The highest BCUT2D eigenvalue weighted by Gasteiger charge is 2.36. The molecule has 0 aliphatic carbocycles. The fraction of sp³-hybridized carbons (Fsp3) is 0.600. The van der Waals surface area contributed by atoms with E-state index in [0.29, 0.717) is 6.61 Å². The lowest BCUT2D eigenvalue weighted by Gasteiger charge is -2.37. The molecular weight excluding hydrogens is 262 g/mol. The summed E-state index contributed by atoms with van der Waals surface area (Å²) in [6.45, 7) is 6.61. The number of benzene rings is 1. The summed E-state index contributed by atoms with van der Waals surface area (Å²) in [6.07, 6.45) is 1.92. The molecule has 0 saturated carbocycles. The van der Waals surface area contributed by atoms with Gasteiger partial charge < -0.3 is 9.84 Å². The van der Waals surface area contributed by atoms with Gasteiger partial charge in [0.15, 0.2) is 0 Å². The van der Waals surface area contributed by atoms with Crippen molar-refractivity contribution in [2.45, 2.75) is 38.8 Å². The molecule has 19 heavy (non-hydrogen) atoms. The van der Waals surface area contributed by atoms with Gasteiger partial charge in [-0.1, -0.05) is 11.6 Å². The van der Waals surface area contributed by atoms with Crippen LogP contribution in [0, 0.1) is 13.8 Å². The lowest BCUT2D eigenvalue weighted by atomic mass is 9.92. The topological polar surface area (TPSA) is 32.7 Å². The highest BCUT2D eigenvalue weighted by molar-refractivity contribution is 6.32. The largest absolute Gasteiger partial charge is 0.491 e. The molecule has 1 fully saturated rings. The average Bonchev–Trinajstić information content (AvgIpc) is 2.90. The minimum absolute atomic E-state index is 0.0625. The van der Waals surface area contributed by atoms with Gasteiger partial charge in [-0.05, 0) is 57.0 Å². The summed E-state index contributed by atoms with van der Waals surface area (Å²) in [5.41, 5.74) is 2.83. The van der Waals surface area contributed by atoms with Crippen LogP contribution in [0.1, 0.15) is 35.6 Å². The molecule has 0 bridgehead atoms. The highest BCUT2D eigenvalue weighted by atomic mass is 35.5. The maximum Gasteiger partial charge on any atom is 0.125 e. The molecule has 3 rings (SSSR count). The predicted octanol–water partition coefficient (Wildman–Crippen LogP) is 2.85. The highest BCUT2D eigenvalue weighted by Crippen LogP contribution is 2.41. The molecule has 0 aromatic heterocycles. The van der Waals surface area contributed by atoms with Crippen LogP contribution >= 0.6 is 11.6 Å². The van der Waals surface area contributed by atoms with Crippen LogP contribution in [-0.4, -0.2) is 35.7 Å². The van der Waals surface area contributed by atoms with Crippen LogP contribution in [0.3, 0.4) is 0 Å². The molecule has 4 heteroatoms. The first-order valence-electron chi connectivity index (χ1n) is 6.94. The first-order chi connectivity index (χ1) is 9.09. The Morgan fingerprint density at radius 1 is 1.32 bits per heavy atom. The number of ether oxygens (including phenoxy) is 1. The van der Waals surface area contributed by atoms with Crippen LogP contribution in [0.4, 0.5) is 0 Å². The van der Waals surface area contributed by atoms with E-state index in [1.165, 1.54) is 12.8 Å². The Morgan fingerprint density at radius 3 is 2.68 bits per heavy atom. The molecule has 104 valence electrons. The van der Waals surface area contributed by atoms with E-state index in [1.807, 2.05) is 19.9 Å². The van der Waals surface area contributed by atoms with Crippen LogP contribution in [0.5, 0.6) is 5.75 Å². The number of fused-ring (bicyclic) bond motifs is 1. The second-order valence-corrected chi connectivity index (χ2v) is 5.99. The molecule has 2 heterocycles. The van der Waals surface area contributed by atoms with E-state index in [4.69, 9.17) is 16.3 Å². The number of halogens is 1. The van der Waals surface area contributed by atoms with Gasteiger partial charge in [0.25, 0.3) is 0 Å². The summed E-state index contributed by atoms with van der Waals surface area (Å²) in [6, 6.07) is 2.00. The molecule has 2 aliphatic heterocycles. The molecule has 0 amide bonds. The number of aliphatic hydroxyl groups excluding tert-OH is 1. The van der Waals surface area contributed by atoms with Gasteiger partial charge in [-0.3, -0.25) is 4.90 Å². The minimum atomic E-state index is -0.500. The van der Waals surface area contributed by atoms with Gasteiger partial charge in [0.05, 0.1) is 6.04 Å². The van der Waals surface area contributed by atoms with E-state index in [-0.39, 0.29) is 6.04 Å². The number of likely N-dealkylation sites (tertiary alicyclic amines) is 1. The monoisotopic (exact) mass is 281 g/mol. The van der Waals surface area contributed by atoms with E-state index < -0.39 is 6.10 Å². The van der Waals surface area contributed by atoms with Crippen molar-refractivity contribution in [1.29, 1.82) is 0 Å². The van der Waals surface area contributed by atoms with Gasteiger partial charge in [0.1, 0.15) is 18.5 Å². The molecule has 0 spiro atoms. The van der Waals surface area contributed by atoms with Crippen molar-refractivity contribution in [1.82, 2.24) is 4.90 Å². The third-order valence-electron chi connectivity index (χ3n) is 4.37. The molecule has 1 aromatic rings. The van der Waals surface area contributed by atoms with E-state index >= 15 is 0 Å². The second-order valence-electron chi connectivity index (χ2n) is 5.61. The predicted molar refractivity (Wildman–Crippen MR) is 76.0 cm³/mol. The average molecular weight is 282 g/mol. The first-order valence-corrected chi connectivity index (χ1v) is 7.32. The van der Waals surface area contributed by atoms with Crippen molar-refractivity contribution in [2.75, 3.05) is 19.7 Å². The summed E-state index contributed by atoms with van der Waals surface area (Å²) in [5.74, 6) is 0.794. The molecule has 3 nitrogen and oxygen atoms in total. The number of aryl methyl sites for hydroxylation is 1. The molecule has 2 aliphatic rings. The van der Waals surface area contributed by atoms with Gasteiger partial charge in [-0.2, -0.15) is 0 Å². The quantitative estimate of drug-likeness (QED) is 0.859. The third kappa shape index (κ3) is 2.14. The first kappa shape index (κ1) is 13.2. The van der Waals surface area contributed by atoms with Gasteiger partial charge in [0, 0.05) is 10.6 Å². The van der Waals surface area contributed by atoms with Crippen LogP contribution in [-0.2, 0) is 0 Å². The fourth-order valence-corrected chi connectivity index (χ4v) is 3.42. The van der Waals surface area contributed by atoms with Crippen LogP contribution in [0.25, 0.3) is 0 Å². The zero-order valence-electron chi connectivity index (χ0n) is 11.4. The molecule has 2 unspecified atom stereocenters. The molecule has 1 saturated heterocycles. The summed E-state index contributed by atoms with van der Waals surface area (Å²) in [7, 11) is 0. The molecule has 2 atom stereocenters. The number of nitrogens with zero attached hydrogens (tertiary/aromatic N) is 1. The fourth-order valence-electron chi connectivity index (χ4n) is 3.26. The van der Waals surface area contributed by atoms with E-state index in [0.717, 1.165) is 40.6 Å². The lowest BCUT2D eigenvalue weighted by Crippen LogP contribution is -2.44. The summed E-state index contributed by atoms with van der Waals surface area (Å²) < 4.78 is 5.88. The van der Waals surface area contributed by atoms with Crippen molar-refractivity contribution in [3.8, 4) is 5.75 Å². The Hall–Kier alpha value is -0.770. The van der Waals surface area contributed by atoms with Crippen molar-refractivity contribution >= 4 is 11.6 Å². The minimum Gasteiger partial charge on any atom is -0.491 e. The van der Waals surface area contributed by atoms with Gasteiger partial charge in [-0.25, -0.2) is 0 Å². The Labute approximate surface area is 119 Å². The summed E-state index contributed by atoms with van der Waals surface area (Å²) >= 11 is 6.31. The maximum atomic E-state index is 10.7. The maximum absolute atomic E-state index is 10.7. The Kier molecular flexibility index (Phi) is 3.46. The zero-order chi connectivity index (χ0) is 13.6. The number of hydrogen-bond donors (Lipinski definition) is 1. The Bertz CT molecular complexity index is 497. The third-order valence-corrected chi connectivity index (χ3v) is 4.95. The standard InChI is InChI=1S/C15H20ClNO2/c1-9-7-12-13(10(2)14(9)16)15(18)11(8-19-12)17-5-3-4-6-17/h7,11,15,18H,3-6,8H2,1-2H3. The smallest absolute Gasteiger partial charge is 0.125 e. The summed E-state index contributed by atoms with van der Waals surface area (Å²) in [4.78, 5) is 2.33. The molecule has 1 N–H and O–H groups in total. The van der Waals surface area contributed by atoms with Gasteiger partial charge >= 0.3 is 0 Å². The molecule has 0 radical (unpaired) electrons. The van der Waals surface area contributed by atoms with E-state index in [2.05, 4.69) is 4.90 Å². The number of hydrogen-bond acceptors (Lipinski definition) is 3. The van der Waals surface area contributed by atoms with E-state index in [1.54, 1.807) is 0 Å². The van der Waals surface area contributed by atoms with Gasteiger partial charge in [-0.15, -0.1) is 0 Å². The van der Waals surface area contributed by atoms with Crippen molar-refractivity contribution in [2.24, 2.45) is 0 Å². The summed E-state index contributed by atoms with van der Waals surface area (Å²) in [5, 5.41) is 11.4. The normalized spacial score (nSPS) is 27.2. The van der Waals surface area contributed by atoms with Crippen molar-refractivity contribution in [3.05, 3.63) is 27.8 Å². The zero-order valence-corrected chi connectivity index (χ0v) is 12.2. The molecule has 1 aromatic carbocycles. The van der Waals surface area contributed by atoms with Crippen LogP contribution in [0.15, 0.2) is 6.07 Å². The van der Waals surface area contributed by atoms with Crippen LogP contribution < -0.4 is 4.74 Å². The SMILES string of the molecule is Cc1cc2c(c(C)c1Cl)C(O)C(N1CCCC1)CO2. The van der Waals surface area contributed by atoms with Crippen molar-refractivity contribution < 1.29 is 9.84 Å².